The lowest BCUT2D eigenvalue weighted by molar-refractivity contribution is -0.173. The van der Waals surface area contributed by atoms with Crippen LogP contribution in [0.4, 0.5) is 26.3 Å². The summed E-state index contributed by atoms with van der Waals surface area (Å²) in [4.78, 5) is 0. The van der Waals surface area contributed by atoms with Crippen molar-refractivity contribution in [2.45, 2.75) is 31.1 Å². The van der Waals surface area contributed by atoms with Gasteiger partial charge in [0, 0.05) is 0 Å². The summed E-state index contributed by atoms with van der Waals surface area (Å²) in [5.74, 6) is -2.09. The summed E-state index contributed by atoms with van der Waals surface area (Å²) in [7, 11) is 0. The molecule has 0 aliphatic heterocycles. The van der Waals surface area contributed by atoms with Crippen LogP contribution in [-0.4, -0.2) is 24.2 Å². The molecule has 0 amide bonds. The summed E-state index contributed by atoms with van der Waals surface area (Å²) >= 11 is 0. The Hall–Kier alpha value is -0.680. The van der Waals surface area contributed by atoms with Crippen LogP contribution in [-0.2, 0) is 0 Å². The van der Waals surface area contributed by atoms with Crippen molar-refractivity contribution in [3.05, 3.63) is 12.2 Å². The number of rotatable bonds is 3. The maximum atomic E-state index is 13.2. The molecule has 1 rings (SSSR count). The molecule has 0 bridgehead atoms. The van der Waals surface area contributed by atoms with Crippen LogP contribution in [0.3, 0.4) is 0 Å². The zero-order valence-electron chi connectivity index (χ0n) is 7.15. The summed E-state index contributed by atoms with van der Waals surface area (Å²) in [6, 6.07) is 0. The van der Waals surface area contributed by atoms with E-state index in [-0.39, 0.29) is 0 Å². The Kier molecular flexibility index (Phi) is 2.58. The fourth-order valence-electron chi connectivity index (χ4n) is 1.40. The van der Waals surface area contributed by atoms with Crippen LogP contribution in [0.15, 0.2) is 12.2 Å². The fraction of sp³-hybridized carbons (Fsp3) is 0.750. The van der Waals surface area contributed by atoms with Crippen molar-refractivity contribution in [3.63, 3.8) is 0 Å². The maximum absolute atomic E-state index is 13.2. The molecular weight excluding hydrogens is 210 g/mol. The van der Waals surface area contributed by atoms with E-state index in [1.807, 2.05) is 0 Å². The SMILES string of the molecule is CC1(F)C=CC1C(F)(C(F)F)C(F)F. The van der Waals surface area contributed by atoms with E-state index >= 15 is 0 Å². The molecule has 2 unspecified atom stereocenters. The second-order valence-electron chi connectivity index (χ2n) is 3.42. The third-order valence-corrected chi connectivity index (χ3v) is 2.37. The average molecular weight is 218 g/mol. The Morgan fingerprint density at radius 3 is 1.71 bits per heavy atom. The highest BCUT2D eigenvalue weighted by Crippen LogP contribution is 2.48. The molecule has 0 spiro atoms. The summed E-state index contributed by atoms with van der Waals surface area (Å²) in [5, 5.41) is 0. The van der Waals surface area contributed by atoms with Crippen molar-refractivity contribution in [1.29, 1.82) is 0 Å². The molecule has 6 heteroatoms. The van der Waals surface area contributed by atoms with E-state index in [1.54, 1.807) is 0 Å². The molecule has 0 saturated carbocycles. The first kappa shape index (κ1) is 11.4. The van der Waals surface area contributed by atoms with E-state index < -0.39 is 30.1 Å². The van der Waals surface area contributed by atoms with E-state index in [9.17, 15) is 26.3 Å². The Bertz CT molecular complexity index is 236. The smallest absolute Gasteiger partial charge is 0.239 e. The largest absolute Gasteiger partial charge is 0.278 e. The summed E-state index contributed by atoms with van der Waals surface area (Å²) in [6.45, 7) is 0.788. The summed E-state index contributed by atoms with van der Waals surface area (Å²) in [6.07, 6.45) is -6.32. The number of halogens is 6. The second-order valence-corrected chi connectivity index (χ2v) is 3.42. The Labute approximate surface area is 76.6 Å². The van der Waals surface area contributed by atoms with E-state index in [0.29, 0.717) is 6.08 Å². The van der Waals surface area contributed by atoms with Gasteiger partial charge in [-0.1, -0.05) is 12.2 Å². The van der Waals surface area contributed by atoms with Gasteiger partial charge in [-0.25, -0.2) is 26.3 Å². The molecule has 0 aromatic rings. The van der Waals surface area contributed by atoms with E-state index in [4.69, 9.17) is 0 Å². The van der Waals surface area contributed by atoms with Gasteiger partial charge in [-0.15, -0.1) is 0 Å². The molecule has 82 valence electrons. The highest BCUT2D eigenvalue weighted by molar-refractivity contribution is 5.25. The van der Waals surface area contributed by atoms with Crippen LogP contribution >= 0.6 is 0 Å². The molecular formula is C8H8F6. The monoisotopic (exact) mass is 218 g/mol. The highest BCUT2D eigenvalue weighted by Gasteiger charge is 2.62. The van der Waals surface area contributed by atoms with Crippen LogP contribution in [0.25, 0.3) is 0 Å². The summed E-state index contributed by atoms with van der Waals surface area (Å²) in [5.41, 5.74) is -6.53. The number of hydrogen-bond acceptors (Lipinski definition) is 0. The molecule has 0 nitrogen and oxygen atoms in total. The summed E-state index contributed by atoms with van der Waals surface area (Å²) < 4.78 is 74.7. The molecule has 0 heterocycles. The van der Waals surface area contributed by atoms with Gasteiger partial charge in [0.05, 0.1) is 5.92 Å². The Balaban J connectivity index is 2.97. The molecule has 14 heavy (non-hydrogen) atoms. The van der Waals surface area contributed by atoms with Gasteiger partial charge in [0.2, 0.25) is 5.67 Å². The van der Waals surface area contributed by atoms with Crippen molar-refractivity contribution in [2.24, 2.45) is 5.92 Å². The van der Waals surface area contributed by atoms with Crippen LogP contribution in [0, 0.1) is 5.92 Å². The topological polar surface area (TPSA) is 0 Å². The zero-order valence-corrected chi connectivity index (χ0v) is 7.15. The first-order valence-electron chi connectivity index (χ1n) is 3.86. The van der Waals surface area contributed by atoms with Crippen molar-refractivity contribution >= 4 is 0 Å². The van der Waals surface area contributed by atoms with E-state index in [1.165, 1.54) is 0 Å². The predicted molar refractivity (Wildman–Crippen MR) is 38.0 cm³/mol. The molecule has 0 N–H and O–H groups in total. The van der Waals surface area contributed by atoms with Gasteiger partial charge in [-0.3, -0.25) is 0 Å². The van der Waals surface area contributed by atoms with Crippen molar-refractivity contribution in [3.8, 4) is 0 Å². The third-order valence-electron chi connectivity index (χ3n) is 2.37. The van der Waals surface area contributed by atoms with E-state index in [2.05, 4.69) is 0 Å². The Morgan fingerprint density at radius 1 is 1.21 bits per heavy atom. The molecule has 0 aromatic heterocycles. The lowest BCUT2D eigenvalue weighted by atomic mass is 9.71. The molecule has 0 radical (unpaired) electrons. The van der Waals surface area contributed by atoms with E-state index in [0.717, 1.165) is 13.0 Å². The number of alkyl halides is 6. The quantitative estimate of drug-likeness (QED) is 0.504. The van der Waals surface area contributed by atoms with Crippen molar-refractivity contribution in [2.75, 3.05) is 0 Å². The molecule has 0 fully saturated rings. The fourth-order valence-corrected chi connectivity index (χ4v) is 1.40. The molecule has 2 atom stereocenters. The maximum Gasteiger partial charge on any atom is 0.278 e. The first-order valence-corrected chi connectivity index (χ1v) is 3.86. The second kappa shape index (κ2) is 3.17. The van der Waals surface area contributed by atoms with Gasteiger partial charge < -0.3 is 0 Å². The van der Waals surface area contributed by atoms with Crippen LogP contribution in [0.2, 0.25) is 0 Å². The normalized spacial score (nSPS) is 32.5. The lowest BCUT2D eigenvalue weighted by Crippen LogP contribution is -2.56. The standard InChI is InChI=1S/C8H8F6/c1-7(13)3-2-4(7)8(14,5(9)10)6(11)12/h2-6H,1H3. The molecule has 1 aliphatic carbocycles. The number of hydrogen-bond donors (Lipinski definition) is 0. The zero-order chi connectivity index (χ0) is 11.1. The predicted octanol–water partition coefficient (Wildman–Crippen LogP) is 3.14. The van der Waals surface area contributed by atoms with Crippen LogP contribution in [0.1, 0.15) is 6.92 Å². The van der Waals surface area contributed by atoms with Gasteiger partial charge >= 0.3 is 0 Å². The lowest BCUT2D eigenvalue weighted by Gasteiger charge is -2.41. The third kappa shape index (κ3) is 1.40. The Morgan fingerprint density at radius 2 is 1.64 bits per heavy atom. The minimum Gasteiger partial charge on any atom is -0.239 e. The van der Waals surface area contributed by atoms with Gasteiger partial charge in [-0.2, -0.15) is 0 Å². The minimum atomic E-state index is -4.10. The number of allylic oxidation sites excluding steroid dienone is 2. The van der Waals surface area contributed by atoms with Gasteiger partial charge in [-0.05, 0) is 6.92 Å². The molecule has 1 aliphatic rings. The average Bonchev–Trinajstić information content (AvgIpc) is 2.01. The van der Waals surface area contributed by atoms with Crippen molar-refractivity contribution in [1.82, 2.24) is 0 Å². The highest BCUT2D eigenvalue weighted by atomic mass is 19.3. The van der Waals surface area contributed by atoms with Gasteiger partial charge in [0.15, 0.2) is 0 Å². The van der Waals surface area contributed by atoms with Crippen LogP contribution < -0.4 is 0 Å². The van der Waals surface area contributed by atoms with Crippen molar-refractivity contribution < 1.29 is 26.3 Å². The molecule has 0 aromatic carbocycles. The van der Waals surface area contributed by atoms with Gasteiger partial charge in [0.1, 0.15) is 5.67 Å². The molecule has 0 saturated heterocycles. The minimum absolute atomic E-state index is 0.707. The first-order chi connectivity index (χ1) is 6.23. The van der Waals surface area contributed by atoms with Gasteiger partial charge in [0.25, 0.3) is 12.9 Å². The van der Waals surface area contributed by atoms with Crippen LogP contribution in [0.5, 0.6) is 0 Å².